The lowest BCUT2D eigenvalue weighted by Gasteiger charge is -2.21. The molecule has 0 saturated carbocycles. The van der Waals surface area contributed by atoms with E-state index in [1.54, 1.807) is 10.8 Å². The first kappa shape index (κ1) is 19.4. The van der Waals surface area contributed by atoms with Crippen LogP contribution in [-0.2, 0) is 6.54 Å². The van der Waals surface area contributed by atoms with Crippen LogP contribution >= 0.6 is 12.2 Å². The second kappa shape index (κ2) is 9.05. The molecule has 2 N–H and O–H groups in total. The summed E-state index contributed by atoms with van der Waals surface area (Å²) in [7, 11) is 0. The summed E-state index contributed by atoms with van der Waals surface area (Å²) in [6.07, 6.45) is 8.54. The highest BCUT2D eigenvalue weighted by Gasteiger charge is 2.15. The van der Waals surface area contributed by atoms with E-state index in [-0.39, 0.29) is 5.91 Å². The van der Waals surface area contributed by atoms with Crippen molar-refractivity contribution in [3.63, 3.8) is 0 Å². The number of nitrogens with zero attached hydrogens (tertiary/aromatic N) is 3. The number of pyridine rings is 1. The smallest absolute Gasteiger partial charge is 0.270 e. The summed E-state index contributed by atoms with van der Waals surface area (Å²) in [5, 5.41) is 2.97. The first-order valence-electron chi connectivity index (χ1n) is 10.1. The van der Waals surface area contributed by atoms with Gasteiger partial charge in [0.05, 0.1) is 0 Å². The van der Waals surface area contributed by atoms with Gasteiger partial charge >= 0.3 is 0 Å². The molecule has 0 atom stereocenters. The van der Waals surface area contributed by atoms with E-state index in [9.17, 15) is 4.79 Å². The quantitative estimate of drug-likeness (QED) is 0.621. The van der Waals surface area contributed by atoms with Gasteiger partial charge in [0.25, 0.3) is 5.91 Å². The second-order valence-corrected chi connectivity index (χ2v) is 7.65. The molecule has 1 fully saturated rings. The van der Waals surface area contributed by atoms with Crippen molar-refractivity contribution in [1.82, 2.24) is 19.9 Å². The second-order valence-electron chi connectivity index (χ2n) is 7.26. The number of hydrogen-bond acceptors (Lipinski definition) is 4. The highest BCUT2D eigenvalue weighted by molar-refractivity contribution is 7.71. The van der Waals surface area contributed by atoms with Gasteiger partial charge in [-0.3, -0.25) is 9.36 Å². The van der Waals surface area contributed by atoms with Crippen molar-refractivity contribution >= 4 is 23.9 Å². The van der Waals surface area contributed by atoms with E-state index >= 15 is 0 Å². The lowest BCUT2D eigenvalue weighted by Crippen LogP contribution is -2.26. The van der Waals surface area contributed by atoms with Crippen LogP contribution in [0.15, 0.2) is 54.9 Å². The maximum atomic E-state index is 12.8. The highest BCUT2D eigenvalue weighted by atomic mass is 32.1. The van der Waals surface area contributed by atoms with E-state index in [0.717, 1.165) is 30.2 Å². The molecule has 1 aliphatic rings. The normalized spacial score (nSPS) is 14.4. The average molecular weight is 408 g/mol. The van der Waals surface area contributed by atoms with Crippen molar-refractivity contribution in [3.8, 4) is 5.69 Å². The Bertz CT molecular complexity index is 1000. The molecule has 1 aromatic carbocycles. The Kier molecular flexibility index (Phi) is 6.05. The molecular weight excluding hydrogens is 382 g/mol. The van der Waals surface area contributed by atoms with E-state index in [0.29, 0.717) is 17.0 Å². The lowest BCUT2D eigenvalue weighted by molar-refractivity contribution is 0.0944. The van der Waals surface area contributed by atoms with Crippen LogP contribution in [0.1, 0.15) is 41.7 Å². The SMILES string of the molecule is O=C(NCc1ccc(N2CCCCCC2)nc1)c1c[nH]c(=S)n1-c1ccccc1. The van der Waals surface area contributed by atoms with Crippen LogP contribution in [0.4, 0.5) is 5.82 Å². The summed E-state index contributed by atoms with van der Waals surface area (Å²) in [5.74, 6) is 0.836. The first-order chi connectivity index (χ1) is 14.2. The number of aromatic nitrogens is 3. The van der Waals surface area contributed by atoms with Crippen molar-refractivity contribution < 1.29 is 4.79 Å². The molecule has 0 radical (unpaired) electrons. The van der Waals surface area contributed by atoms with Crippen LogP contribution < -0.4 is 10.2 Å². The van der Waals surface area contributed by atoms with Crippen LogP contribution in [0, 0.1) is 4.77 Å². The van der Waals surface area contributed by atoms with Gasteiger partial charge in [0.1, 0.15) is 11.5 Å². The number of hydrogen-bond donors (Lipinski definition) is 2. The standard InChI is InChI=1S/C22H25N5OS/c28-21(19-16-25-22(29)27(19)18-8-4-3-5-9-18)24-15-17-10-11-20(23-14-17)26-12-6-1-2-7-13-26/h3-5,8-11,14,16H,1-2,6-7,12-13,15H2,(H,24,28)(H,25,29). The molecule has 29 heavy (non-hydrogen) atoms. The monoisotopic (exact) mass is 407 g/mol. The predicted molar refractivity (Wildman–Crippen MR) is 117 cm³/mol. The first-order valence-corrected chi connectivity index (χ1v) is 10.5. The average Bonchev–Trinajstić information content (AvgIpc) is 2.96. The van der Waals surface area contributed by atoms with Crippen LogP contribution in [0.2, 0.25) is 0 Å². The predicted octanol–water partition coefficient (Wildman–Crippen LogP) is 4.24. The van der Waals surface area contributed by atoms with Gasteiger partial charge < -0.3 is 15.2 Å². The minimum Gasteiger partial charge on any atom is -0.357 e. The van der Waals surface area contributed by atoms with Gasteiger partial charge in [-0.05, 0) is 48.8 Å². The zero-order chi connectivity index (χ0) is 20.1. The van der Waals surface area contributed by atoms with Crippen LogP contribution in [0.3, 0.4) is 0 Å². The number of H-pyrrole nitrogens is 1. The number of rotatable bonds is 5. The fourth-order valence-corrected chi connectivity index (χ4v) is 3.91. The Morgan fingerprint density at radius 3 is 2.52 bits per heavy atom. The van der Waals surface area contributed by atoms with Gasteiger partial charge in [0, 0.05) is 37.7 Å². The van der Waals surface area contributed by atoms with Crippen LogP contribution in [0.25, 0.3) is 5.69 Å². The molecule has 0 bridgehead atoms. The number of carbonyl (C=O) groups is 1. The summed E-state index contributed by atoms with van der Waals surface area (Å²) in [6.45, 7) is 2.55. The Balaban J connectivity index is 1.42. The molecule has 1 amide bonds. The van der Waals surface area contributed by atoms with E-state index < -0.39 is 0 Å². The Hall–Kier alpha value is -2.93. The molecule has 150 valence electrons. The summed E-state index contributed by atoms with van der Waals surface area (Å²) < 4.78 is 2.23. The molecule has 7 heteroatoms. The molecule has 0 unspecified atom stereocenters. The third-order valence-corrected chi connectivity index (χ3v) is 5.52. The Labute approximate surface area is 175 Å². The van der Waals surface area contributed by atoms with Crippen molar-refractivity contribution in [3.05, 3.63) is 70.9 Å². The van der Waals surface area contributed by atoms with Crippen molar-refractivity contribution in [2.24, 2.45) is 0 Å². The summed E-state index contributed by atoms with van der Waals surface area (Å²) >= 11 is 5.35. The third kappa shape index (κ3) is 4.56. The molecule has 1 saturated heterocycles. The summed E-state index contributed by atoms with van der Waals surface area (Å²) in [5.41, 5.74) is 2.31. The molecule has 0 aliphatic carbocycles. The fourth-order valence-electron chi connectivity index (χ4n) is 3.65. The largest absolute Gasteiger partial charge is 0.357 e. The minimum atomic E-state index is -0.183. The number of nitrogens with one attached hydrogen (secondary N) is 2. The van der Waals surface area contributed by atoms with Crippen molar-refractivity contribution in [2.75, 3.05) is 18.0 Å². The van der Waals surface area contributed by atoms with Crippen LogP contribution in [-0.4, -0.2) is 33.5 Å². The number of anilines is 1. The van der Waals surface area contributed by atoms with Gasteiger partial charge in [0.15, 0.2) is 4.77 Å². The molecule has 0 spiro atoms. The van der Waals surface area contributed by atoms with Gasteiger partial charge in [0.2, 0.25) is 0 Å². The number of benzene rings is 1. The maximum Gasteiger partial charge on any atom is 0.270 e. The topological polar surface area (TPSA) is 66.0 Å². The summed E-state index contributed by atoms with van der Waals surface area (Å²) in [4.78, 5) is 22.7. The molecule has 3 aromatic rings. The molecular formula is C22H25N5OS. The Morgan fingerprint density at radius 2 is 1.83 bits per heavy atom. The number of carbonyl (C=O) groups excluding carboxylic acids is 1. The number of para-hydroxylation sites is 1. The van der Waals surface area contributed by atoms with E-state index in [4.69, 9.17) is 12.2 Å². The van der Waals surface area contributed by atoms with Gasteiger partial charge in [-0.2, -0.15) is 0 Å². The number of amides is 1. The Morgan fingerprint density at radius 1 is 1.07 bits per heavy atom. The fraction of sp³-hybridized carbons (Fsp3) is 0.318. The molecule has 1 aliphatic heterocycles. The van der Waals surface area contributed by atoms with Crippen molar-refractivity contribution in [2.45, 2.75) is 32.2 Å². The summed E-state index contributed by atoms with van der Waals surface area (Å²) in [6, 6.07) is 13.7. The van der Waals surface area contributed by atoms with Crippen LogP contribution in [0.5, 0.6) is 0 Å². The van der Waals surface area contributed by atoms with Gasteiger partial charge in [-0.25, -0.2) is 4.98 Å². The van der Waals surface area contributed by atoms with Gasteiger partial charge in [-0.1, -0.05) is 37.1 Å². The zero-order valence-electron chi connectivity index (χ0n) is 16.3. The zero-order valence-corrected chi connectivity index (χ0v) is 17.1. The van der Waals surface area contributed by atoms with E-state index in [1.165, 1.54) is 25.7 Å². The highest BCUT2D eigenvalue weighted by Crippen LogP contribution is 2.18. The van der Waals surface area contributed by atoms with Crippen molar-refractivity contribution in [1.29, 1.82) is 0 Å². The lowest BCUT2D eigenvalue weighted by atomic mass is 10.2. The number of aromatic amines is 1. The number of imidazole rings is 1. The van der Waals surface area contributed by atoms with Gasteiger partial charge in [-0.15, -0.1) is 0 Å². The molecule has 6 nitrogen and oxygen atoms in total. The van der Waals surface area contributed by atoms with E-state index in [1.807, 2.05) is 42.6 Å². The minimum absolute atomic E-state index is 0.183. The molecule has 4 rings (SSSR count). The third-order valence-electron chi connectivity index (χ3n) is 5.22. The molecule has 3 heterocycles. The van der Waals surface area contributed by atoms with E-state index in [2.05, 4.69) is 26.3 Å². The molecule has 2 aromatic heterocycles. The maximum absolute atomic E-state index is 12.8.